The van der Waals surface area contributed by atoms with Gasteiger partial charge in [0.1, 0.15) is 18.3 Å². The van der Waals surface area contributed by atoms with Crippen LogP contribution in [-0.2, 0) is 9.47 Å². The molecular weight excluding hydrogens is 260 g/mol. The molecule has 0 spiro atoms. The lowest BCUT2D eigenvalue weighted by Crippen LogP contribution is -2.42. The number of hydrogen-bond donors (Lipinski definition) is 3. The molecule has 1 saturated heterocycles. The molecule has 116 valence electrons. The summed E-state index contributed by atoms with van der Waals surface area (Å²) in [6.45, 7) is 6.54. The quantitative estimate of drug-likeness (QED) is 0.710. The van der Waals surface area contributed by atoms with Crippen molar-refractivity contribution in [3.63, 3.8) is 0 Å². The molecule has 1 heterocycles. The molecule has 0 aromatic rings. The lowest BCUT2D eigenvalue weighted by Gasteiger charge is -2.40. The van der Waals surface area contributed by atoms with Gasteiger partial charge < -0.3 is 24.8 Å². The Hall–Kier alpha value is -0.200. The van der Waals surface area contributed by atoms with Crippen molar-refractivity contribution in [2.75, 3.05) is 6.61 Å². The minimum atomic E-state index is -1.09. The second-order valence-corrected chi connectivity index (χ2v) is 7.44. The van der Waals surface area contributed by atoms with Gasteiger partial charge in [-0.25, -0.2) is 0 Å². The van der Waals surface area contributed by atoms with Crippen molar-refractivity contribution in [3.05, 3.63) is 0 Å². The molecule has 2 saturated carbocycles. The van der Waals surface area contributed by atoms with Gasteiger partial charge in [0.25, 0.3) is 0 Å². The minimum Gasteiger partial charge on any atom is -0.394 e. The van der Waals surface area contributed by atoms with E-state index in [2.05, 4.69) is 20.8 Å². The zero-order chi connectivity index (χ0) is 14.7. The number of ether oxygens (including phenoxy) is 2. The Labute approximate surface area is 119 Å². The number of aliphatic hydroxyl groups excluding tert-OH is 3. The molecule has 3 N–H and O–H groups in total. The normalized spacial score (nSPS) is 53.7. The Morgan fingerprint density at radius 2 is 1.90 bits per heavy atom. The molecular formula is C15H26O5. The van der Waals surface area contributed by atoms with E-state index >= 15 is 0 Å². The van der Waals surface area contributed by atoms with Gasteiger partial charge in [0.05, 0.1) is 12.7 Å². The van der Waals surface area contributed by atoms with E-state index in [9.17, 15) is 10.2 Å². The first-order valence-corrected chi connectivity index (χ1v) is 7.59. The van der Waals surface area contributed by atoms with Crippen molar-refractivity contribution in [2.45, 2.75) is 70.7 Å². The molecule has 2 aliphatic carbocycles. The molecule has 3 aliphatic rings. The second-order valence-electron chi connectivity index (χ2n) is 7.44. The maximum absolute atomic E-state index is 9.99. The predicted octanol–water partition coefficient (Wildman–Crippen LogP) is 0.657. The molecule has 20 heavy (non-hydrogen) atoms. The third-order valence-corrected chi connectivity index (χ3v) is 6.51. The smallest absolute Gasteiger partial charge is 0.186 e. The number of rotatable bonds is 3. The first kappa shape index (κ1) is 14.7. The van der Waals surface area contributed by atoms with Crippen LogP contribution in [0.1, 0.15) is 40.0 Å². The second kappa shape index (κ2) is 4.65. The van der Waals surface area contributed by atoms with Crippen molar-refractivity contribution < 1.29 is 24.8 Å². The molecule has 3 fully saturated rings. The van der Waals surface area contributed by atoms with Crippen LogP contribution in [0.5, 0.6) is 0 Å². The first-order chi connectivity index (χ1) is 9.31. The van der Waals surface area contributed by atoms with E-state index in [4.69, 9.17) is 14.6 Å². The summed E-state index contributed by atoms with van der Waals surface area (Å²) in [6.07, 6.45) is -0.365. The van der Waals surface area contributed by atoms with E-state index in [1.165, 1.54) is 6.42 Å². The summed E-state index contributed by atoms with van der Waals surface area (Å²) in [5.41, 5.74) is 0.319. The number of aliphatic hydroxyl groups is 3. The zero-order valence-electron chi connectivity index (χ0n) is 12.5. The topological polar surface area (TPSA) is 79.2 Å². The fourth-order valence-electron chi connectivity index (χ4n) is 4.48. The minimum absolute atomic E-state index is 0.0422. The highest BCUT2D eigenvalue weighted by Gasteiger charge is 2.63. The van der Waals surface area contributed by atoms with E-state index in [1.807, 2.05) is 0 Å². The Bertz CT molecular complexity index is 384. The molecule has 1 aliphatic heterocycles. The van der Waals surface area contributed by atoms with Crippen molar-refractivity contribution in [3.8, 4) is 0 Å². The summed E-state index contributed by atoms with van der Waals surface area (Å²) in [5.74, 6) is 0.648. The van der Waals surface area contributed by atoms with Gasteiger partial charge in [0, 0.05) is 0 Å². The van der Waals surface area contributed by atoms with Gasteiger partial charge in [-0.15, -0.1) is 0 Å². The number of fused-ring (bicyclic) bond motifs is 2. The summed E-state index contributed by atoms with van der Waals surface area (Å²) in [6, 6.07) is 0. The summed E-state index contributed by atoms with van der Waals surface area (Å²) in [5, 5.41) is 28.9. The molecule has 2 bridgehead atoms. The molecule has 0 aromatic carbocycles. The Morgan fingerprint density at radius 3 is 2.35 bits per heavy atom. The molecule has 0 amide bonds. The predicted molar refractivity (Wildman–Crippen MR) is 71.9 cm³/mol. The highest BCUT2D eigenvalue weighted by atomic mass is 16.7. The van der Waals surface area contributed by atoms with Crippen LogP contribution in [0.2, 0.25) is 0 Å². The Morgan fingerprint density at radius 1 is 1.20 bits per heavy atom. The van der Waals surface area contributed by atoms with Crippen LogP contribution in [0.4, 0.5) is 0 Å². The monoisotopic (exact) mass is 286 g/mol. The van der Waals surface area contributed by atoms with Crippen LogP contribution < -0.4 is 0 Å². The summed E-state index contributed by atoms with van der Waals surface area (Å²) in [7, 11) is 0. The SMILES string of the molecule is CC1(C)[C@H]2CC[C@]1(C)[C@H](O[C@H]1O[C@H](CO)[C@@H](O)[C@@H]1O)C2. The highest BCUT2D eigenvalue weighted by molar-refractivity contribution is 5.11. The molecule has 3 rings (SSSR count). The van der Waals surface area contributed by atoms with Gasteiger partial charge in [-0.05, 0) is 36.0 Å². The highest BCUT2D eigenvalue weighted by Crippen LogP contribution is 2.66. The van der Waals surface area contributed by atoms with Crippen LogP contribution in [0.15, 0.2) is 0 Å². The van der Waals surface area contributed by atoms with Gasteiger partial charge >= 0.3 is 0 Å². The third-order valence-electron chi connectivity index (χ3n) is 6.51. The average molecular weight is 286 g/mol. The maximum atomic E-state index is 9.99. The Kier molecular flexibility index (Phi) is 3.42. The molecule has 5 nitrogen and oxygen atoms in total. The summed E-state index contributed by atoms with van der Waals surface area (Å²) >= 11 is 0. The third kappa shape index (κ3) is 1.80. The molecule has 7 atom stereocenters. The number of hydrogen-bond acceptors (Lipinski definition) is 5. The van der Waals surface area contributed by atoms with Crippen LogP contribution in [-0.4, -0.2) is 52.6 Å². The largest absolute Gasteiger partial charge is 0.394 e. The van der Waals surface area contributed by atoms with Gasteiger partial charge in [0.15, 0.2) is 6.29 Å². The van der Waals surface area contributed by atoms with E-state index in [0.29, 0.717) is 5.92 Å². The van der Waals surface area contributed by atoms with Crippen LogP contribution in [0, 0.1) is 16.7 Å². The van der Waals surface area contributed by atoms with E-state index in [-0.39, 0.29) is 23.5 Å². The van der Waals surface area contributed by atoms with Crippen molar-refractivity contribution in [1.82, 2.24) is 0 Å². The summed E-state index contributed by atoms with van der Waals surface area (Å²) in [4.78, 5) is 0. The average Bonchev–Trinajstić information content (AvgIpc) is 2.87. The van der Waals surface area contributed by atoms with Crippen molar-refractivity contribution >= 4 is 0 Å². The summed E-state index contributed by atoms with van der Waals surface area (Å²) < 4.78 is 11.5. The van der Waals surface area contributed by atoms with Gasteiger partial charge in [-0.2, -0.15) is 0 Å². The van der Waals surface area contributed by atoms with Crippen LogP contribution >= 0.6 is 0 Å². The van der Waals surface area contributed by atoms with E-state index < -0.39 is 24.6 Å². The van der Waals surface area contributed by atoms with Gasteiger partial charge in [0.2, 0.25) is 0 Å². The Balaban J connectivity index is 1.71. The molecule has 5 heteroatoms. The lowest BCUT2D eigenvalue weighted by atomic mass is 9.70. The van der Waals surface area contributed by atoms with Crippen molar-refractivity contribution in [1.29, 1.82) is 0 Å². The lowest BCUT2D eigenvalue weighted by molar-refractivity contribution is -0.216. The van der Waals surface area contributed by atoms with Gasteiger partial charge in [-0.3, -0.25) is 0 Å². The fourth-order valence-corrected chi connectivity index (χ4v) is 4.48. The maximum Gasteiger partial charge on any atom is 0.186 e. The van der Waals surface area contributed by atoms with Crippen LogP contribution in [0.25, 0.3) is 0 Å². The fraction of sp³-hybridized carbons (Fsp3) is 1.00. The zero-order valence-corrected chi connectivity index (χ0v) is 12.5. The van der Waals surface area contributed by atoms with Gasteiger partial charge in [-0.1, -0.05) is 20.8 Å². The first-order valence-electron chi connectivity index (χ1n) is 7.59. The van der Waals surface area contributed by atoms with Crippen LogP contribution in [0.3, 0.4) is 0 Å². The van der Waals surface area contributed by atoms with E-state index in [0.717, 1.165) is 12.8 Å². The van der Waals surface area contributed by atoms with Crippen molar-refractivity contribution in [2.24, 2.45) is 16.7 Å². The molecule has 0 aromatic heterocycles. The molecule has 0 radical (unpaired) electrons. The van der Waals surface area contributed by atoms with E-state index in [1.54, 1.807) is 0 Å². The standard InChI is InChI=1S/C15H26O5/c1-14(2)8-4-5-15(14,3)10(6-8)20-13-12(18)11(17)9(7-16)19-13/h8-13,16-18H,4-7H2,1-3H3/t8-,9+,10+,11+,12-,13+,15+/m0/s1. The molecule has 0 unspecified atom stereocenters.